The summed E-state index contributed by atoms with van der Waals surface area (Å²) in [7, 11) is -4.53. The second-order valence-electron chi connectivity index (χ2n) is 6.88. The Balaban J connectivity index is 5.68. The lowest BCUT2D eigenvalue weighted by Gasteiger charge is -2.39. The van der Waals surface area contributed by atoms with E-state index in [1.165, 1.54) is 20.8 Å². The minimum Gasteiger partial charge on any atom is -0.374 e. The predicted molar refractivity (Wildman–Crippen MR) is 98.6 cm³/mol. The van der Waals surface area contributed by atoms with E-state index in [0.717, 1.165) is 6.42 Å². The smallest absolute Gasteiger partial charge is 0.374 e. The molecular formula is C18H32F8O3Si. The van der Waals surface area contributed by atoms with Crippen molar-refractivity contribution in [2.45, 2.75) is 96.0 Å². The summed E-state index contributed by atoms with van der Waals surface area (Å²) in [4.78, 5) is 0. The zero-order valence-corrected chi connectivity index (χ0v) is 18.8. The van der Waals surface area contributed by atoms with Gasteiger partial charge in [-0.1, -0.05) is 32.6 Å². The molecule has 0 saturated carbocycles. The van der Waals surface area contributed by atoms with Gasteiger partial charge in [0.05, 0.1) is 6.04 Å². The minimum absolute atomic E-state index is 0.108. The van der Waals surface area contributed by atoms with Gasteiger partial charge in [0.2, 0.25) is 0 Å². The van der Waals surface area contributed by atoms with Crippen LogP contribution >= 0.6 is 0 Å². The molecule has 0 aliphatic heterocycles. The Labute approximate surface area is 173 Å². The Morgan fingerprint density at radius 1 is 0.567 bits per heavy atom. The van der Waals surface area contributed by atoms with E-state index in [0.29, 0.717) is 12.8 Å². The normalized spacial score (nSPS) is 14.4. The number of hydrogen-bond acceptors (Lipinski definition) is 3. The minimum atomic E-state index is -6.35. The summed E-state index contributed by atoms with van der Waals surface area (Å²) in [6, 6.07) is -2.05. The standard InChI is InChI=1S/C18H32F8O3Si/c1-5-9-10-11-12-13-15(19,20)17(23,24)18(25,26)16(21,22)14-30(27-6-2,28-7-3)29-8-4/h5-14H2,1-4H3. The van der Waals surface area contributed by atoms with Crippen LogP contribution in [0.5, 0.6) is 0 Å². The van der Waals surface area contributed by atoms with Crippen LogP contribution in [-0.2, 0) is 13.3 Å². The number of rotatable bonds is 17. The fourth-order valence-corrected chi connectivity index (χ4v) is 5.53. The van der Waals surface area contributed by atoms with Gasteiger partial charge in [0.1, 0.15) is 0 Å². The lowest BCUT2D eigenvalue weighted by atomic mass is 9.95. The van der Waals surface area contributed by atoms with Gasteiger partial charge in [0.25, 0.3) is 0 Å². The summed E-state index contributed by atoms with van der Waals surface area (Å²) in [5, 5.41) is 0. The summed E-state index contributed by atoms with van der Waals surface area (Å²) < 4.78 is 128. The van der Waals surface area contributed by atoms with Crippen molar-refractivity contribution in [2.24, 2.45) is 0 Å². The van der Waals surface area contributed by atoms with Gasteiger partial charge in [-0.15, -0.1) is 0 Å². The van der Waals surface area contributed by atoms with Gasteiger partial charge in [-0.25, -0.2) is 0 Å². The first-order valence-electron chi connectivity index (χ1n) is 10.1. The Hall–Kier alpha value is -0.463. The largest absolute Gasteiger partial charge is 0.507 e. The van der Waals surface area contributed by atoms with Gasteiger partial charge in [-0.05, 0) is 27.2 Å². The Bertz CT molecular complexity index is 475. The van der Waals surface area contributed by atoms with E-state index in [1.807, 2.05) is 6.92 Å². The van der Waals surface area contributed by atoms with Crippen molar-refractivity contribution in [3.8, 4) is 0 Å². The summed E-state index contributed by atoms with van der Waals surface area (Å²) in [5.41, 5.74) is 0. The van der Waals surface area contributed by atoms with Crippen LogP contribution in [0.25, 0.3) is 0 Å². The van der Waals surface area contributed by atoms with Crippen molar-refractivity contribution < 1.29 is 48.4 Å². The zero-order valence-electron chi connectivity index (χ0n) is 17.8. The van der Waals surface area contributed by atoms with Crippen molar-refractivity contribution in [2.75, 3.05) is 19.8 Å². The highest BCUT2D eigenvalue weighted by molar-refractivity contribution is 6.61. The highest BCUT2D eigenvalue weighted by Crippen LogP contribution is 2.56. The van der Waals surface area contributed by atoms with Crippen molar-refractivity contribution in [1.82, 2.24) is 0 Å². The third-order valence-corrected chi connectivity index (χ3v) is 7.50. The van der Waals surface area contributed by atoms with Crippen LogP contribution < -0.4 is 0 Å². The summed E-state index contributed by atoms with van der Waals surface area (Å²) in [5.74, 6) is -23.5. The fourth-order valence-electron chi connectivity index (χ4n) is 2.89. The van der Waals surface area contributed by atoms with Gasteiger partial charge in [0, 0.05) is 26.2 Å². The molecule has 0 aliphatic carbocycles. The molecule has 0 aromatic heterocycles. The highest BCUT2D eigenvalue weighted by atomic mass is 28.4. The predicted octanol–water partition coefficient (Wildman–Crippen LogP) is 6.94. The molecule has 3 nitrogen and oxygen atoms in total. The molecule has 0 unspecified atom stereocenters. The molecule has 30 heavy (non-hydrogen) atoms. The molecule has 0 heterocycles. The maximum absolute atomic E-state index is 14.4. The van der Waals surface area contributed by atoms with Crippen molar-refractivity contribution in [3.05, 3.63) is 0 Å². The van der Waals surface area contributed by atoms with E-state index in [2.05, 4.69) is 0 Å². The van der Waals surface area contributed by atoms with Crippen LogP contribution in [-0.4, -0.2) is 52.3 Å². The third kappa shape index (κ3) is 7.03. The second-order valence-corrected chi connectivity index (χ2v) is 9.47. The van der Waals surface area contributed by atoms with Crippen molar-refractivity contribution in [3.63, 3.8) is 0 Å². The molecule has 0 radical (unpaired) electrons. The molecule has 0 atom stereocenters. The van der Waals surface area contributed by atoms with Crippen LogP contribution in [0.3, 0.4) is 0 Å². The van der Waals surface area contributed by atoms with Crippen LogP contribution in [0.4, 0.5) is 35.1 Å². The van der Waals surface area contributed by atoms with E-state index in [-0.39, 0.29) is 26.2 Å². The van der Waals surface area contributed by atoms with Crippen molar-refractivity contribution >= 4 is 8.80 Å². The van der Waals surface area contributed by atoms with Crippen LogP contribution in [0.1, 0.15) is 66.2 Å². The summed E-state index contributed by atoms with van der Waals surface area (Å²) >= 11 is 0. The lowest BCUT2D eigenvalue weighted by Crippen LogP contribution is -2.64. The zero-order chi connectivity index (χ0) is 23.7. The van der Waals surface area contributed by atoms with Gasteiger partial charge < -0.3 is 13.3 Å². The van der Waals surface area contributed by atoms with E-state index >= 15 is 0 Å². The molecule has 182 valence electrons. The average molecular weight is 477 g/mol. The van der Waals surface area contributed by atoms with Gasteiger partial charge in [0.15, 0.2) is 0 Å². The van der Waals surface area contributed by atoms with E-state index < -0.39 is 51.4 Å². The Kier molecular flexibility index (Phi) is 11.8. The molecule has 0 aromatic rings. The Morgan fingerprint density at radius 2 is 0.967 bits per heavy atom. The van der Waals surface area contributed by atoms with Crippen molar-refractivity contribution in [1.29, 1.82) is 0 Å². The molecule has 0 aromatic carbocycles. The van der Waals surface area contributed by atoms with Crippen LogP contribution in [0, 0.1) is 0 Å². The molecule has 12 heteroatoms. The molecule has 0 spiro atoms. The highest BCUT2D eigenvalue weighted by Gasteiger charge is 2.81. The molecule has 0 rings (SSSR count). The van der Waals surface area contributed by atoms with Gasteiger partial charge in [-0.3, -0.25) is 0 Å². The quantitative estimate of drug-likeness (QED) is 0.129. The number of hydrogen-bond donors (Lipinski definition) is 0. The van der Waals surface area contributed by atoms with E-state index in [1.54, 1.807) is 0 Å². The van der Waals surface area contributed by atoms with Gasteiger partial charge >= 0.3 is 32.5 Å². The maximum atomic E-state index is 14.4. The molecule has 0 amide bonds. The fraction of sp³-hybridized carbons (Fsp3) is 1.00. The van der Waals surface area contributed by atoms with Crippen LogP contribution in [0.2, 0.25) is 6.04 Å². The molecule has 0 fully saturated rings. The lowest BCUT2D eigenvalue weighted by molar-refractivity contribution is -0.364. The van der Waals surface area contributed by atoms with Gasteiger partial charge in [-0.2, -0.15) is 35.1 Å². The number of unbranched alkanes of at least 4 members (excludes halogenated alkanes) is 4. The molecular weight excluding hydrogens is 444 g/mol. The van der Waals surface area contributed by atoms with E-state index in [4.69, 9.17) is 13.3 Å². The van der Waals surface area contributed by atoms with E-state index in [9.17, 15) is 35.1 Å². The molecule has 0 aliphatic rings. The van der Waals surface area contributed by atoms with Crippen LogP contribution in [0.15, 0.2) is 0 Å². The topological polar surface area (TPSA) is 27.7 Å². The number of alkyl halides is 8. The molecule has 0 saturated heterocycles. The summed E-state index contributed by atoms with van der Waals surface area (Å²) in [6.45, 7) is 5.03. The number of halogens is 8. The first-order valence-corrected chi connectivity index (χ1v) is 12.1. The first kappa shape index (κ1) is 29.5. The SMILES string of the molecule is CCCCCCCC(F)(F)C(F)(F)C(F)(F)C(F)(F)C[Si](OCC)(OCC)OCC. The average Bonchev–Trinajstić information content (AvgIpc) is 2.61. The first-order chi connectivity index (χ1) is 13.7. The molecule has 0 bridgehead atoms. The molecule has 0 N–H and O–H groups in total. The third-order valence-electron chi connectivity index (χ3n) is 4.44. The maximum Gasteiger partial charge on any atom is 0.507 e. The second kappa shape index (κ2) is 12.0. The summed E-state index contributed by atoms with van der Waals surface area (Å²) in [6.07, 6.45) is -0.135. The Morgan fingerprint density at radius 3 is 1.37 bits per heavy atom. The monoisotopic (exact) mass is 476 g/mol.